The minimum atomic E-state index is -3.74. The van der Waals surface area contributed by atoms with Gasteiger partial charge in [0, 0.05) is 18.3 Å². The Kier molecular flexibility index (Phi) is 4.14. The maximum Gasteiger partial charge on any atom is 0.216 e. The molecule has 92 valence electrons. The van der Waals surface area contributed by atoms with E-state index in [1.165, 1.54) is 18.3 Å². The number of rotatable bonds is 5. The fourth-order valence-corrected chi connectivity index (χ4v) is 2.41. The molecule has 2 atom stereocenters. The minimum Gasteiger partial charge on any atom is -0.258 e. The Morgan fingerprint density at radius 2 is 1.94 bits per heavy atom. The van der Waals surface area contributed by atoms with E-state index in [-0.39, 0.29) is 0 Å². The average Bonchev–Trinajstić information content (AvgIpc) is 2.25. The van der Waals surface area contributed by atoms with Crippen molar-refractivity contribution in [2.24, 2.45) is 5.14 Å². The number of allylic oxidation sites excluding steroid dienone is 1. The second kappa shape index (κ2) is 5.20. The fraction of sp³-hybridized carbons (Fsp3) is 0.273. The van der Waals surface area contributed by atoms with Crippen LogP contribution in [0, 0.1) is 6.92 Å². The minimum absolute atomic E-state index is 0.504. The molecule has 1 aromatic heterocycles. The van der Waals surface area contributed by atoms with Crippen LogP contribution >= 0.6 is 0 Å². The molecule has 0 fully saturated rings. The van der Waals surface area contributed by atoms with Gasteiger partial charge >= 0.3 is 0 Å². The smallest absolute Gasteiger partial charge is 0.216 e. The highest BCUT2D eigenvalue weighted by Crippen LogP contribution is 2.23. The lowest BCUT2D eigenvalue weighted by Crippen LogP contribution is -2.32. The zero-order valence-corrected chi connectivity index (χ0v) is 10.4. The van der Waals surface area contributed by atoms with Gasteiger partial charge in [-0.3, -0.25) is 9.97 Å². The normalized spacial score (nSPS) is 14.9. The van der Waals surface area contributed by atoms with Crippen molar-refractivity contribution >= 4 is 10.0 Å². The fourth-order valence-electron chi connectivity index (χ4n) is 1.48. The molecule has 1 heterocycles. The Labute approximate surface area is 101 Å². The molecule has 0 aliphatic rings. The van der Waals surface area contributed by atoms with Crippen molar-refractivity contribution < 1.29 is 8.42 Å². The van der Waals surface area contributed by atoms with Crippen molar-refractivity contribution in [2.45, 2.75) is 18.1 Å². The molecule has 1 rings (SSSR count). The molecule has 0 saturated carbocycles. The molecule has 0 radical (unpaired) electrons. The number of nitrogens with zero attached hydrogens (tertiary/aromatic N) is 2. The van der Waals surface area contributed by atoms with Crippen molar-refractivity contribution in [1.82, 2.24) is 9.97 Å². The molecule has 5 nitrogen and oxygen atoms in total. The summed E-state index contributed by atoms with van der Waals surface area (Å²) < 4.78 is 22.8. The Morgan fingerprint density at radius 1 is 1.29 bits per heavy atom. The van der Waals surface area contributed by atoms with E-state index in [2.05, 4.69) is 23.1 Å². The van der Waals surface area contributed by atoms with Gasteiger partial charge in [-0.05, 0) is 6.92 Å². The lowest BCUT2D eigenvalue weighted by Gasteiger charge is -2.18. The predicted molar refractivity (Wildman–Crippen MR) is 66.8 cm³/mol. The Balaban J connectivity index is 3.19. The summed E-state index contributed by atoms with van der Waals surface area (Å²) in [5.41, 5.74) is 1.26. The molecule has 0 aliphatic heterocycles. The van der Waals surface area contributed by atoms with Crippen LogP contribution in [0.5, 0.6) is 0 Å². The number of aryl methyl sites for hydroxylation is 1. The monoisotopic (exact) mass is 253 g/mol. The second-order valence-corrected chi connectivity index (χ2v) is 5.36. The van der Waals surface area contributed by atoms with Crippen molar-refractivity contribution in [3.8, 4) is 0 Å². The van der Waals surface area contributed by atoms with E-state index < -0.39 is 21.2 Å². The first-order valence-corrected chi connectivity index (χ1v) is 6.56. The van der Waals surface area contributed by atoms with Crippen LogP contribution in [-0.2, 0) is 10.0 Å². The SMILES string of the molecule is C=C[C@H]([C@@H](C=C)c1cnc(C)cn1)S(N)(=O)=O. The van der Waals surface area contributed by atoms with E-state index in [1.54, 1.807) is 13.1 Å². The predicted octanol–water partition coefficient (Wildman–Crippen LogP) is 0.898. The Bertz CT molecular complexity index is 508. The number of nitrogens with two attached hydrogens (primary N) is 1. The van der Waals surface area contributed by atoms with Crippen LogP contribution in [0.15, 0.2) is 37.7 Å². The molecule has 0 bridgehead atoms. The highest BCUT2D eigenvalue weighted by Gasteiger charge is 2.28. The summed E-state index contributed by atoms with van der Waals surface area (Å²) >= 11 is 0. The Hall–Kier alpha value is -1.53. The molecule has 1 aromatic rings. The third kappa shape index (κ3) is 3.21. The van der Waals surface area contributed by atoms with Crippen LogP contribution in [-0.4, -0.2) is 23.6 Å². The zero-order chi connectivity index (χ0) is 13.1. The van der Waals surface area contributed by atoms with Crippen molar-refractivity contribution in [3.05, 3.63) is 49.1 Å². The number of hydrogen-bond acceptors (Lipinski definition) is 4. The third-order valence-electron chi connectivity index (χ3n) is 2.36. The molecule has 0 spiro atoms. The first-order chi connectivity index (χ1) is 7.90. The summed E-state index contributed by atoms with van der Waals surface area (Å²) in [6, 6.07) is 0. The van der Waals surface area contributed by atoms with Crippen molar-refractivity contribution in [2.75, 3.05) is 0 Å². The number of sulfonamides is 1. The van der Waals surface area contributed by atoms with Crippen molar-refractivity contribution in [3.63, 3.8) is 0 Å². The maximum absolute atomic E-state index is 11.4. The third-order valence-corrected chi connectivity index (χ3v) is 3.61. The quantitative estimate of drug-likeness (QED) is 0.790. The first-order valence-electron chi connectivity index (χ1n) is 4.95. The summed E-state index contributed by atoms with van der Waals surface area (Å²) in [4.78, 5) is 8.20. The van der Waals surface area contributed by atoms with Gasteiger partial charge in [-0.15, -0.1) is 13.2 Å². The summed E-state index contributed by atoms with van der Waals surface area (Å²) in [6.07, 6.45) is 5.85. The topological polar surface area (TPSA) is 85.9 Å². The second-order valence-electron chi connectivity index (χ2n) is 3.63. The molecule has 2 N–H and O–H groups in total. The van der Waals surface area contributed by atoms with Crippen LogP contribution in [0.3, 0.4) is 0 Å². The van der Waals surface area contributed by atoms with Gasteiger partial charge in [0.15, 0.2) is 0 Å². The molecule has 0 aromatic carbocycles. The van der Waals surface area contributed by atoms with Gasteiger partial charge in [0.2, 0.25) is 10.0 Å². The molecule has 0 aliphatic carbocycles. The van der Waals surface area contributed by atoms with Crippen LogP contribution in [0.4, 0.5) is 0 Å². The van der Waals surface area contributed by atoms with E-state index in [0.717, 1.165) is 5.69 Å². The average molecular weight is 253 g/mol. The lowest BCUT2D eigenvalue weighted by molar-refractivity contribution is 0.583. The van der Waals surface area contributed by atoms with Gasteiger partial charge in [0.25, 0.3) is 0 Å². The van der Waals surface area contributed by atoms with E-state index in [9.17, 15) is 8.42 Å². The van der Waals surface area contributed by atoms with Gasteiger partial charge < -0.3 is 0 Å². The molecule has 17 heavy (non-hydrogen) atoms. The van der Waals surface area contributed by atoms with Gasteiger partial charge in [0.1, 0.15) is 5.25 Å². The zero-order valence-electron chi connectivity index (χ0n) is 9.57. The molecular weight excluding hydrogens is 238 g/mol. The van der Waals surface area contributed by atoms with Crippen LogP contribution < -0.4 is 5.14 Å². The number of primary sulfonamides is 1. The standard InChI is InChI=1S/C11H15N3O2S/c1-4-9(11(5-2)17(12,15)16)10-7-13-8(3)6-14-10/h4-7,9,11H,1-2H2,3H3,(H2,12,15,16)/t9-,11+/m0/s1. The first kappa shape index (κ1) is 13.5. The Morgan fingerprint density at radius 3 is 2.29 bits per heavy atom. The van der Waals surface area contributed by atoms with Crippen LogP contribution in [0.2, 0.25) is 0 Å². The summed E-state index contributed by atoms with van der Waals surface area (Å²) in [6.45, 7) is 8.89. The number of hydrogen-bond donors (Lipinski definition) is 1. The highest BCUT2D eigenvalue weighted by atomic mass is 32.2. The van der Waals surface area contributed by atoms with Gasteiger partial charge in [-0.1, -0.05) is 12.2 Å². The van der Waals surface area contributed by atoms with Gasteiger partial charge in [-0.2, -0.15) is 0 Å². The summed E-state index contributed by atoms with van der Waals surface area (Å²) in [7, 11) is -3.74. The maximum atomic E-state index is 11.4. The molecule has 0 unspecified atom stereocenters. The largest absolute Gasteiger partial charge is 0.258 e. The van der Waals surface area contributed by atoms with Gasteiger partial charge in [0.05, 0.1) is 11.4 Å². The van der Waals surface area contributed by atoms with E-state index in [1.807, 2.05) is 0 Å². The van der Waals surface area contributed by atoms with Crippen LogP contribution in [0.1, 0.15) is 17.3 Å². The van der Waals surface area contributed by atoms with E-state index >= 15 is 0 Å². The van der Waals surface area contributed by atoms with E-state index in [0.29, 0.717) is 5.69 Å². The molecule has 6 heteroatoms. The van der Waals surface area contributed by atoms with E-state index in [4.69, 9.17) is 5.14 Å². The molecular formula is C11H15N3O2S. The lowest BCUT2D eigenvalue weighted by atomic mass is 10.0. The number of aromatic nitrogens is 2. The van der Waals surface area contributed by atoms with Gasteiger partial charge in [-0.25, -0.2) is 13.6 Å². The van der Waals surface area contributed by atoms with Crippen molar-refractivity contribution in [1.29, 1.82) is 0 Å². The molecule has 0 amide bonds. The highest BCUT2D eigenvalue weighted by molar-refractivity contribution is 7.90. The van der Waals surface area contributed by atoms with Crippen LogP contribution in [0.25, 0.3) is 0 Å². The molecule has 0 saturated heterocycles. The summed E-state index contributed by atoms with van der Waals surface area (Å²) in [5, 5.41) is 4.19. The summed E-state index contributed by atoms with van der Waals surface area (Å²) in [5.74, 6) is -0.546.